The molecule has 0 N–H and O–H groups in total. The Labute approximate surface area is 130 Å². The minimum Gasteiger partial charge on any atom is -0.496 e. The van der Waals surface area contributed by atoms with Crippen molar-refractivity contribution >= 4 is 11.6 Å². The summed E-state index contributed by atoms with van der Waals surface area (Å²) in [7, 11) is 1.67. The quantitative estimate of drug-likeness (QED) is 0.763. The molecule has 0 amide bonds. The summed E-state index contributed by atoms with van der Waals surface area (Å²) < 4.78 is 11.3. The lowest BCUT2D eigenvalue weighted by Crippen LogP contribution is -2.24. The topological polar surface area (TPSA) is 18.5 Å². The molecule has 1 atom stereocenters. The van der Waals surface area contributed by atoms with Crippen LogP contribution in [0.25, 0.3) is 0 Å². The van der Waals surface area contributed by atoms with Crippen LogP contribution in [-0.2, 0) is 6.42 Å². The van der Waals surface area contributed by atoms with Gasteiger partial charge >= 0.3 is 0 Å². The highest BCUT2D eigenvalue weighted by Gasteiger charge is 2.30. The van der Waals surface area contributed by atoms with Crippen molar-refractivity contribution in [2.45, 2.75) is 31.2 Å². The predicted octanol–water partition coefficient (Wildman–Crippen LogP) is 4.74. The highest BCUT2D eigenvalue weighted by atomic mass is 35.5. The van der Waals surface area contributed by atoms with Gasteiger partial charge in [0.05, 0.1) is 12.5 Å². The Balaban J connectivity index is 1.95. The number of hydrogen-bond acceptors (Lipinski definition) is 2. The summed E-state index contributed by atoms with van der Waals surface area (Å²) in [6, 6.07) is 14.1. The molecule has 2 nitrogen and oxygen atoms in total. The Morgan fingerprint density at radius 1 is 1.19 bits per heavy atom. The van der Waals surface area contributed by atoms with Crippen LogP contribution in [0.4, 0.5) is 0 Å². The smallest absolute Gasteiger partial charge is 0.123 e. The van der Waals surface area contributed by atoms with Crippen molar-refractivity contribution in [1.82, 2.24) is 0 Å². The zero-order valence-corrected chi connectivity index (χ0v) is 13.3. The average molecular weight is 303 g/mol. The molecule has 0 spiro atoms. The van der Waals surface area contributed by atoms with Gasteiger partial charge in [0.2, 0.25) is 0 Å². The van der Waals surface area contributed by atoms with Gasteiger partial charge in [-0.05, 0) is 37.1 Å². The molecule has 0 fully saturated rings. The zero-order chi connectivity index (χ0) is 15.0. The molecule has 1 aliphatic heterocycles. The van der Waals surface area contributed by atoms with Crippen LogP contribution in [-0.4, -0.2) is 12.7 Å². The van der Waals surface area contributed by atoms with E-state index in [0.717, 1.165) is 29.0 Å². The largest absolute Gasteiger partial charge is 0.496 e. The van der Waals surface area contributed by atoms with E-state index in [9.17, 15) is 0 Å². The molecule has 0 aliphatic carbocycles. The van der Waals surface area contributed by atoms with Crippen LogP contribution in [0.15, 0.2) is 42.5 Å². The lowest BCUT2D eigenvalue weighted by molar-refractivity contribution is 0.138. The van der Waals surface area contributed by atoms with E-state index >= 15 is 0 Å². The summed E-state index contributed by atoms with van der Waals surface area (Å²) >= 11 is 6.67. The molecule has 1 aliphatic rings. The highest BCUT2D eigenvalue weighted by molar-refractivity contribution is 6.22. The summed E-state index contributed by atoms with van der Waals surface area (Å²) in [5, 5.41) is -0.227. The standard InChI is InChI=1S/C18H19ClO2/c1-18(2)11-13-10-12(8-9-15(13)21-18)17(19)14-6-4-5-7-16(14)20-3/h4-10,17H,11H2,1-3H3. The minimum absolute atomic E-state index is 0.132. The van der Waals surface area contributed by atoms with Gasteiger partial charge in [0.25, 0.3) is 0 Å². The summed E-state index contributed by atoms with van der Waals surface area (Å²) in [5.41, 5.74) is 3.15. The van der Waals surface area contributed by atoms with Crippen molar-refractivity contribution in [3.8, 4) is 11.5 Å². The fourth-order valence-corrected chi connectivity index (χ4v) is 3.16. The Morgan fingerprint density at radius 2 is 1.95 bits per heavy atom. The maximum Gasteiger partial charge on any atom is 0.123 e. The van der Waals surface area contributed by atoms with E-state index in [2.05, 4.69) is 19.9 Å². The molecular formula is C18H19ClO2. The van der Waals surface area contributed by atoms with E-state index in [1.165, 1.54) is 5.56 Å². The lowest BCUT2D eigenvalue weighted by Gasteiger charge is -2.16. The van der Waals surface area contributed by atoms with Gasteiger partial charge in [-0.2, -0.15) is 0 Å². The van der Waals surface area contributed by atoms with E-state index in [4.69, 9.17) is 21.1 Å². The van der Waals surface area contributed by atoms with Gasteiger partial charge < -0.3 is 9.47 Å². The van der Waals surface area contributed by atoms with Crippen LogP contribution < -0.4 is 9.47 Å². The normalized spacial score (nSPS) is 17.0. The maximum atomic E-state index is 6.67. The molecule has 3 rings (SSSR count). The first-order valence-corrected chi connectivity index (χ1v) is 7.53. The van der Waals surface area contributed by atoms with E-state index < -0.39 is 0 Å². The summed E-state index contributed by atoms with van der Waals surface area (Å²) in [6.45, 7) is 4.20. The predicted molar refractivity (Wildman–Crippen MR) is 85.5 cm³/mol. The number of alkyl halides is 1. The van der Waals surface area contributed by atoms with Gasteiger partial charge in [-0.25, -0.2) is 0 Å². The number of fused-ring (bicyclic) bond motifs is 1. The van der Waals surface area contributed by atoms with Crippen molar-refractivity contribution in [1.29, 1.82) is 0 Å². The highest BCUT2D eigenvalue weighted by Crippen LogP contribution is 2.40. The number of methoxy groups -OCH3 is 1. The van der Waals surface area contributed by atoms with Gasteiger partial charge in [-0.15, -0.1) is 11.6 Å². The van der Waals surface area contributed by atoms with Crippen LogP contribution in [0.3, 0.4) is 0 Å². The summed E-state index contributed by atoms with van der Waals surface area (Å²) in [5.74, 6) is 1.78. The number of benzene rings is 2. The lowest BCUT2D eigenvalue weighted by atomic mass is 9.97. The number of ether oxygens (including phenoxy) is 2. The third-order valence-electron chi connectivity index (χ3n) is 3.79. The monoisotopic (exact) mass is 302 g/mol. The van der Waals surface area contributed by atoms with Crippen molar-refractivity contribution < 1.29 is 9.47 Å². The van der Waals surface area contributed by atoms with Gasteiger partial charge in [0, 0.05) is 12.0 Å². The third-order valence-corrected chi connectivity index (χ3v) is 4.28. The van der Waals surface area contributed by atoms with E-state index in [-0.39, 0.29) is 11.0 Å². The molecule has 21 heavy (non-hydrogen) atoms. The van der Waals surface area contributed by atoms with Crippen LogP contribution in [0, 0.1) is 0 Å². The van der Waals surface area contributed by atoms with Crippen molar-refractivity contribution in [3.63, 3.8) is 0 Å². The van der Waals surface area contributed by atoms with Crippen molar-refractivity contribution in [3.05, 3.63) is 59.2 Å². The molecular weight excluding hydrogens is 284 g/mol. The molecule has 1 unspecified atom stereocenters. The first-order valence-electron chi connectivity index (χ1n) is 7.09. The molecule has 0 saturated heterocycles. The van der Waals surface area contributed by atoms with Gasteiger partial charge in [-0.1, -0.05) is 30.3 Å². The van der Waals surface area contributed by atoms with E-state index in [0.29, 0.717) is 0 Å². The summed E-state index contributed by atoms with van der Waals surface area (Å²) in [6.07, 6.45) is 0.908. The van der Waals surface area contributed by atoms with Crippen molar-refractivity contribution in [2.75, 3.05) is 7.11 Å². The van der Waals surface area contributed by atoms with Crippen LogP contribution >= 0.6 is 11.6 Å². The molecule has 0 saturated carbocycles. The zero-order valence-electron chi connectivity index (χ0n) is 12.5. The SMILES string of the molecule is COc1ccccc1C(Cl)c1ccc2c(c1)CC(C)(C)O2. The van der Waals surface area contributed by atoms with Crippen LogP contribution in [0.2, 0.25) is 0 Å². The fourth-order valence-electron chi connectivity index (χ4n) is 2.84. The molecule has 110 valence electrons. The Kier molecular flexibility index (Phi) is 3.58. The molecule has 3 heteroatoms. The van der Waals surface area contributed by atoms with E-state index in [1.807, 2.05) is 36.4 Å². The first-order chi connectivity index (χ1) is 10.00. The third kappa shape index (κ3) is 2.73. The second-order valence-corrected chi connectivity index (χ2v) is 6.45. The average Bonchev–Trinajstić information content (AvgIpc) is 2.79. The fraction of sp³-hybridized carbons (Fsp3) is 0.333. The number of hydrogen-bond donors (Lipinski definition) is 0. The molecule has 0 bridgehead atoms. The summed E-state index contributed by atoms with van der Waals surface area (Å²) in [4.78, 5) is 0. The molecule has 0 radical (unpaired) electrons. The second kappa shape index (κ2) is 5.27. The number of para-hydroxylation sites is 1. The van der Waals surface area contributed by atoms with Gasteiger partial charge in [0.1, 0.15) is 17.1 Å². The molecule has 2 aromatic carbocycles. The van der Waals surface area contributed by atoms with Crippen molar-refractivity contribution in [2.24, 2.45) is 0 Å². The molecule has 0 aromatic heterocycles. The first kappa shape index (κ1) is 14.3. The molecule has 2 aromatic rings. The Hall–Kier alpha value is -1.67. The number of halogens is 1. The molecule has 1 heterocycles. The Bertz CT molecular complexity index is 664. The van der Waals surface area contributed by atoms with Gasteiger partial charge in [0.15, 0.2) is 0 Å². The second-order valence-electron chi connectivity index (χ2n) is 6.01. The minimum atomic E-state index is -0.227. The maximum absolute atomic E-state index is 6.67. The van der Waals surface area contributed by atoms with E-state index in [1.54, 1.807) is 7.11 Å². The Morgan fingerprint density at radius 3 is 2.71 bits per heavy atom. The number of rotatable bonds is 3. The van der Waals surface area contributed by atoms with Gasteiger partial charge in [-0.3, -0.25) is 0 Å². The van der Waals surface area contributed by atoms with Crippen LogP contribution in [0.1, 0.15) is 35.9 Å². The van der Waals surface area contributed by atoms with Crippen LogP contribution in [0.5, 0.6) is 11.5 Å².